The zero-order valence-electron chi connectivity index (χ0n) is 14.9. The Kier molecular flexibility index (Phi) is 3.79. The molecule has 0 heterocycles. The van der Waals surface area contributed by atoms with Gasteiger partial charge in [-0.05, 0) is 65.3 Å². The zero-order valence-corrected chi connectivity index (χ0v) is 14.9. The first-order valence-electron chi connectivity index (χ1n) is 8.22. The summed E-state index contributed by atoms with van der Waals surface area (Å²) in [4.78, 5) is 24.9. The summed E-state index contributed by atoms with van der Waals surface area (Å²) in [6.45, 7) is 9.86. The number of hydrogen-bond donors (Lipinski definition) is 0. The second kappa shape index (κ2) is 5.55. The van der Waals surface area contributed by atoms with Gasteiger partial charge in [0.15, 0.2) is 11.6 Å². The maximum Gasteiger partial charge on any atom is 0.189 e. The Labute approximate surface area is 143 Å². The summed E-state index contributed by atoms with van der Waals surface area (Å²) in [5.74, 6) is 0.176. The van der Waals surface area contributed by atoms with Crippen LogP contribution in [0, 0.1) is 5.41 Å². The first-order chi connectivity index (χ1) is 11.2. The lowest BCUT2D eigenvalue weighted by atomic mass is 9.76. The molecule has 3 rings (SSSR count). The summed E-state index contributed by atoms with van der Waals surface area (Å²) in [6.07, 6.45) is 5.86. The van der Waals surface area contributed by atoms with Crippen molar-refractivity contribution < 1.29 is 9.59 Å². The van der Waals surface area contributed by atoms with E-state index in [9.17, 15) is 9.59 Å². The van der Waals surface area contributed by atoms with Crippen molar-refractivity contribution in [3.05, 3.63) is 75.9 Å². The molecule has 1 aromatic carbocycles. The van der Waals surface area contributed by atoms with Crippen molar-refractivity contribution >= 4 is 17.1 Å². The van der Waals surface area contributed by atoms with Crippen LogP contribution in [-0.4, -0.2) is 11.6 Å². The summed E-state index contributed by atoms with van der Waals surface area (Å²) in [6, 6.07) is 7.68. The molecule has 0 amide bonds. The van der Waals surface area contributed by atoms with Crippen LogP contribution in [0.3, 0.4) is 0 Å². The average molecular weight is 318 g/mol. The van der Waals surface area contributed by atoms with Crippen LogP contribution < -0.4 is 0 Å². The molecule has 0 fully saturated rings. The Morgan fingerprint density at radius 2 is 1.33 bits per heavy atom. The Morgan fingerprint density at radius 3 is 1.96 bits per heavy atom. The van der Waals surface area contributed by atoms with Crippen molar-refractivity contribution in [1.29, 1.82) is 0 Å². The van der Waals surface area contributed by atoms with Crippen molar-refractivity contribution in [1.82, 2.24) is 0 Å². The highest BCUT2D eigenvalue weighted by atomic mass is 16.1. The third-order valence-corrected chi connectivity index (χ3v) is 4.57. The van der Waals surface area contributed by atoms with E-state index in [1.165, 1.54) is 0 Å². The summed E-state index contributed by atoms with van der Waals surface area (Å²) < 4.78 is 0. The van der Waals surface area contributed by atoms with Gasteiger partial charge in [-0.1, -0.05) is 45.0 Å². The zero-order chi connectivity index (χ0) is 17.6. The fourth-order valence-electron chi connectivity index (χ4n) is 3.21. The van der Waals surface area contributed by atoms with Gasteiger partial charge >= 0.3 is 0 Å². The van der Waals surface area contributed by atoms with Gasteiger partial charge in [0.25, 0.3) is 0 Å². The largest absolute Gasteiger partial charge is 0.289 e. The van der Waals surface area contributed by atoms with Crippen LogP contribution in [0.2, 0.25) is 0 Å². The monoisotopic (exact) mass is 318 g/mol. The van der Waals surface area contributed by atoms with Crippen LogP contribution in [0.4, 0.5) is 0 Å². The molecule has 0 unspecified atom stereocenters. The summed E-state index contributed by atoms with van der Waals surface area (Å²) in [5.41, 5.74) is 5.73. The lowest BCUT2D eigenvalue weighted by Gasteiger charge is -2.27. The van der Waals surface area contributed by atoms with Crippen LogP contribution in [-0.2, 0) is 4.79 Å². The molecule has 1 aromatic rings. The topological polar surface area (TPSA) is 34.1 Å². The highest BCUT2D eigenvalue weighted by Crippen LogP contribution is 2.38. The minimum absolute atomic E-state index is 0.0718. The molecular formula is C22H22O2. The van der Waals surface area contributed by atoms with Gasteiger partial charge < -0.3 is 0 Å². The van der Waals surface area contributed by atoms with Crippen LogP contribution in [0.25, 0.3) is 5.57 Å². The van der Waals surface area contributed by atoms with E-state index >= 15 is 0 Å². The predicted octanol–water partition coefficient (Wildman–Crippen LogP) is 5.08. The fourth-order valence-corrected chi connectivity index (χ4v) is 3.21. The molecule has 0 spiro atoms. The van der Waals surface area contributed by atoms with E-state index in [0.29, 0.717) is 0 Å². The molecule has 0 N–H and O–H groups in total. The molecule has 2 aliphatic carbocycles. The third kappa shape index (κ3) is 2.62. The van der Waals surface area contributed by atoms with E-state index in [1.807, 2.05) is 56.3 Å². The minimum atomic E-state index is -0.221. The van der Waals surface area contributed by atoms with Crippen molar-refractivity contribution in [3.8, 4) is 0 Å². The van der Waals surface area contributed by atoms with Crippen LogP contribution in [0.15, 0.2) is 64.8 Å². The lowest BCUT2D eigenvalue weighted by Crippen LogP contribution is -2.21. The van der Waals surface area contributed by atoms with Crippen LogP contribution in [0.5, 0.6) is 0 Å². The Hall–Kier alpha value is -2.48. The first-order valence-corrected chi connectivity index (χ1v) is 8.22. The highest BCUT2D eigenvalue weighted by molar-refractivity contribution is 6.17. The highest BCUT2D eigenvalue weighted by Gasteiger charge is 2.29. The molecule has 0 atom stereocenters. The van der Waals surface area contributed by atoms with E-state index in [-0.39, 0.29) is 17.0 Å². The normalized spacial score (nSPS) is 21.1. The quantitative estimate of drug-likeness (QED) is 0.668. The molecule has 0 saturated heterocycles. The maximum atomic E-state index is 12.5. The molecule has 2 nitrogen and oxygen atoms in total. The predicted molar refractivity (Wildman–Crippen MR) is 97.8 cm³/mol. The van der Waals surface area contributed by atoms with Crippen molar-refractivity contribution in [2.24, 2.45) is 5.41 Å². The minimum Gasteiger partial charge on any atom is -0.289 e. The van der Waals surface area contributed by atoms with Crippen LogP contribution >= 0.6 is 0 Å². The van der Waals surface area contributed by atoms with Gasteiger partial charge in [-0.15, -0.1) is 0 Å². The molecule has 0 saturated carbocycles. The van der Waals surface area contributed by atoms with E-state index in [4.69, 9.17) is 0 Å². The number of fused-ring (bicyclic) bond motifs is 1. The number of hydrogen-bond acceptors (Lipinski definition) is 2. The van der Waals surface area contributed by atoms with Gasteiger partial charge in [0.2, 0.25) is 0 Å². The molecular weight excluding hydrogens is 296 g/mol. The molecule has 0 bridgehead atoms. The third-order valence-electron chi connectivity index (χ3n) is 4.57. The molecule has 24 heavy (non-hydrogen) atoms. The molecule has 0 aliphatic heterocycles. The molecule has 2 aliphatic rings. The second-order valence-electron chi connectivity index (χ2n) is 7.54. The van der Waals surface area contributed by atoms with Gasteiger partial charge in [0.05, 0.1) is 0 Å². The Bertz CT molecular complexity index is 881. The lowest BCUT2D eigenvalue weighted by molar-refractivity contribution is -0.113. The summed E-state index contributed by atoms with van der Waals surface area (Å²) >= 11 is 0. The smallest absolute Gasteiger partial charge is 0.189 e. The Balaban J connectivity index is 2.30. The number of carbonyl (C=O) groups excluding carboxylic acids is 2. The van der Waals surface area contributed by atoms with Gasteiger partial charge in [0.1, 0.15) is 0 Å². The SMILES string of the molecule is CC1=C/C(=C2\C=C(C)C(=O)c3ccccc32)C=C(C(C)(C)C)C1=O. The standard InChI is InChI=1S/C22H22O2/c1-13-10-15(12-19(21(13)24)22(3,4)5)18-11-14(2)20(23)17-9-7-6-8-16(17)18/h6-12H,1-5H3/b18-15-. The average Bonchev–Trinajstić information content (AvgIpc) is 2.52. The number of rotatable bonds is 0. The van der Waals surface area contributed by atoms with E-state index in [0.717, 1.165) is 39.0 Å². The van der Waals surface area contributed by atoms with E-state index in [1.54, 1.807) is 0 Å². The maximum absolute atomic E-state index is 12.5. The number of carbonyl (C=O) groups is 2. The summed E-state index contributed by atoms with van der Waals surface area (Å²) in [7, 11) is 0. The van der Waals surface area contributed by atoms with Crippen LogP contribution in [0.1, 0.15) is 50.5 Å². The number of benzene rings is 1. The second-order valence-corrected chi connectivity index (χ2v) is 7.54. The number of Topliss-reactive ketones (excluding diaryl/α,β-unsaturated/α-hetero) is 2. The van der Waals surface area contributed by atoms with Crippen molar-refractivity contribution in [2.45, 2.75) is 34.6 Å². The van der Waals surface area contributed by atoms with E-state index < -0.39 is 0 Å². The van der Waals surface area contributed by atoms with Gasteiger partial charge in [-0.2, -0.15) is 0 Å². The van der Waals surface area contributed by atoms with Crippen molar-refractivity contribution in [3.63, 3.8) is 0 Å². The fraction of sp³-hybridized carbons (Fsp3) is 0.273. The molecule has 122 valence electrons. The van der Waals surface area contributed by atoms with E-state index in [2.05, 4.69) is 20.8 Å². The molecule has 0 radical (unpaired) electrons. The van der Waals surface area contributed by atoms with Crippen molar-refractivity contribution in [2.75, 3.05) is 0 Å². The first kappa shape index (κ1) is 16.4. The van der Waals surface area contributed by atoms with Gasteiger partial charge in [0, 0.05) is 11.1 Å². The molecule has 0 aromatic heterocycles. The number of ketones is 2. The Morgan fingerprint density at radius 1 is 0.750 bits per heavy atom. The number of allylic oxidation sites excluding steroid dienone is 8. The van der Waals surface area contributed by atoms with Gasteiger partial charge in [-0.3, -0.25) is 9.59 Å². The summed E-state index contributed by atoms with van der Waals surface area (Å²) in [5, 5.41) is 0. The van der Waals surface area contributed by atoms with Gasteiger partial charge in [-0.25, -0.2) is 0 Å². The molecule has 2 heteroatoms.